The van der Waals surface area contributed by atoms with Crippen LogP contribution >= 0.6 is 11.8 Å². The van der Waals surface area contributed by atoms with Gasteiger partial charge in [0.25, 0.3) is 0 Å². The van der Waals surface area contributed by atoms with Crippen LogP contribution in [0.15, 0.2) is 0 Å². The van der Waals surface area contributed by atoms with Gasteiger partial charge in [-0.3, -0.25) is 4.90 Å². The highest BCUT2D eigenvalue weighted by atomic mass is 32.2. The van der Waals surface area contributed by atoms with Crippen LogP contribution in [0.3, 0.4) is 0 Å². The minimum atomic E-state index is 0.505. The molecule has 56 valence electrons. The lowest BCUT2D eigenvalue weighted by atomic mass is 10.3. The number of nitrogens with zero attached hydrogens (tertiary/aromatic N) is 1. The number of thioether (sulfide) groups is 1. The smallest absolute Gasteiger partial charge is 0.111 e. The van der Waals surface area contributed by atoms with Gasteiger partial charge in [-0.2, -0.15) is 0 Å². The molecule has 3 atom stereocenters. The zero-order valence-electron chi connectivity index (χ0n) is 5.82. The second kappa shape index (κ2) is 1.90. The Morgan fingerprint density at radius 3 is 3.40 bits per heavy atom. The van der Waals surface area contributed by atoms with Crippen LogP contribution in [0, 0.1) is 0 Å². The zero-order chi connectivity index (χ0) is 6.55. The standard InChI is InChI=1S/C7H11NOS/c1-2-7-8-5(4-10-7)3-9-6(1)8/h5-7H,1-4H2. The fourth-order valence-electron chi connectivity index (χ4n) is 2.24. The molecule has 3 saturated heterocycles. The summed E-state index contributed by atoms with van der Waals surface area (Å²) in [5, 5.41) is 0.817. The van der Waals surface area contributed by atoms with E-state index in [2.05, 4.69) is 16.7 Å². The maximum absolute atomic E-state index is 5.62. The van der Waals surface area contributed by atoms with Crippen LogP contribution in [0.25, 0.3) is 0 Å². The van der Waals surface area contributed by atoms with Crippen LogP contribution < -0.4 is 0 Å². The molecule has 0 bridgehead atoms. The van der Waals surface area contributed by atoms with Crippen LogP contribution in [0.4, 0.5) is 0 Å². The fourth-order valence-corrected chi connectivity index (χ4v) is 3.74. The molecule has 2 nitrogen and oxygen atoms in total. The molecule has 0 radical (unpaired) electrons. The molecule has 0 aliphatic carbocycles. The van der Waals surface area contributed by atoms with Crippen LogP contribution in [-0.2, 0) is 4.74 Å². The average Bonchev–Trinajstić information content (AvgIpc) is 2.56. The highest BCUT2D eigenvalue weighted by Crippen LogP contribution is 2.43. The molecule has 3 fully saturated rings. The van der Waals surface area contributed by atoms with Gasteiger partial charge in [-0.05, 0) is 12.8 Å². The summed E-state index contributed by atoms with van der Waals surface area (Å²) in [5.41, 5.74) is 0. The molecule has 3 rings (SSSR count). The van der Waals surface area contributed by atoms with E-state index in [-0.39, 0.29) is 0 Å². The van der Waals surface area contributed by atoms with E-state index in [9.17, 15) is 0 Å². The van der Waals surface area contributed by atoms with Gasteiger partial charge in [-0.25, -0.2) is 0 Å². The monoisotopic (exact) mass is 157 g/mol. The van der Waals surface area contributed by atoms with Gasteiger partial charge in [0.2, 0.25) is 0 Å². The Labute approximate surface area is 64.9 Å². The van der Waals surface area contributed by atoms with Gasteiger partial charge in [0.1, 0.15) is 6.23 Å². The van der Waals surface area contributed by atoms with E-state index in [0.717, 1.165) is 18.0 Å². The van der Waals surface area contributed by atoms with Crippen LogP contribution in [0.1, 0.15) is 12.8 Å². The van der Waals surface area contributed by atoms with E-state index in [0.29, 0.717) is 6.23 Å². The van der Waals surface area contributed by atoms with E-state index in [1.165, 1.54) is 18.6 Å². The molecule has 10 heavy (non-hydrogen) atoms. The van der Waals surface area contributed by atoms with Crippen molar-refractivity contribution in [2.24, 2.45) is 0 Å². The summed E-state index contributed by atoms with van der Waals surface area (Å²) in [4.78, 5) is 2.57. The van der Waals surface area contributed by atoms with Crippen molar-refractivity contribution in [2.45, 2.75) is 30.5 Å². The normalized spacial score (nSPS) is 52.2. The molecule has 3 aliphatic heterocycles. The molecule has 0 aromatic carbocycles. The number of hydrogen-bond donors (Lipinski definition) is 0. The molecule has 0 amide bonds. The molecule has 0 aromatic heterocycles. The predicted octanol–water partition coefficient (Wildman–Crippen LogP) is 0.880. The highest BCUT2D eigenvalue weighted by molar-refractivity contribution is 8.00. The van der Waals surface area contributed by atoms with E-state index in [1.807, 2.05) is 0 Å². The topological polar surface area (TPSA) is 12.5 Å². The van der Waals surface area contributed by atoms with E-state index >= 15 is 0 Å². The summed E-state index contributed by atoms with van der Waals surface area (Å²) in [5.74, 6) is 1.31. The van der Waals surface area contributed by atoms with Crippen molar-refractivity contribution in [3.05, 3.63) is 0 Å². The Morgan fingerprint density at radius 2 is 2.40 bits per heavy atom. The van der Waals surface area contributed by atoms with Crippen LogP contribution in [0.2, 0.25) is 0 Å². The molecule has 3 heterocycles. The number of ether oxygens (including phenoxy) is 1. The molecule has 0 spiro atoms. The second-order valence-corrected chi connectivity index (χ2v) is 4.47. The minimum Gasteiger partial charge on any atom is -0.361 e. The van der Waals surface area contributed by atoms with Crippen molar-refractivity contribution in [3.63, 3.8) is 0 Å². The first kappa shape index (κ1) is 5.86. The Balaban J connectivity index is 1.94. The molecule has 0 aromatic rings. The third-order valence-corrected chi connectivity index (χ3v) is 4.15. The first-order valence-corrected chi connectivity index (χ1v) is 5.01. The first-order chi connectivity index (χ1) is 4.95. The summed E-state index contributed by atoms with van der Waals surface area (Å²) >= 11 is 2.12. The Morgan fingerprint density at radius 1 is 1.40 bits per heavy atom. The predicted molar refractivity (Wildman–Crippen MR) is 40.8 cm³/mol. The second-order valence-electron chi connectivity index (χ2n) is 3.25. The van der Waals surface area contributed by atoms with Gasteiger partial charge in [-0.15, -0.1) is 11.8 Å². The van der Waals surface area contributed by atoms with Gasteiger partial charge in [0.15, 0.2) is 0 Å². The molecule has 0 saturated carbocycles. The van der Waals surface area contributed by atoms with Crippen LogP contribution in [-0.4, -0.2) is 34.9 Å². The van der Waals surface area contributed by atoms with E-state index in [4.69, 9.17) is 4.74 Å². The van der Waals surface area contributed by atoms with Gasteiger partial charge in [0, 0.05) is 11.8 Å². The molecular formula is C7H11NOS. The zero-order valence-corrected chi connectivity index (χ0v) is 6.64. The van der Waals surface area contributed by atoms with Crippen LogP contribution in [0.5, 0.6) is 0 Å². The SMILES string of the molecule is C1OC2CCC3SCC1N23. The average molecular weight is 157 g/mol. The maximum Gasteiger partial charge on any atom is 0.111 e. The summed E-state index contributed by atoms with van der Waals surface area (Å²) in [6.45, 7) is 0.994. The third kappa shape index (κ3) is 0.588. The molecular weight excluding hydrogens is 146 g/mol. The highest BCUT2D eigenvalue weighted by Gasteiger charge is 2.48. The summed E-state index contributed by atoms with van der Waals surface area (Å²) in [7, 11) is 0. The number of hydrogen-bond acceptors (Lipinski definition) is 3. The quantitative estimate of drug-likeness (QED) is 0.518. The van der Waals surface area contributed by atoms with E-state index < -0.39 is 0 Å². The summed E-state index contributed by atoms with van der Waals surface area (Å²) < 4.78 is 5.62. The fraction of sp³-hybridized carbons (Fsp3) is 1.00. The lowest BCUT2D eigenvalue weighted by Crippen LogP contribution is -2.31. The van der Waals surface area contributed by atoms with Gasteiger partial charge >= 0.3 is 0 Å². The minimum absolute atomic E-state index is 0.505. The molecule has 0 N–H and O–H groups in total. The van der Waals surface area contributed by atoms with Crippen molar-refractivity contribution in [1.29, 1.82) is 0 Å². The van der Waals surface area contributed by atoms with Gasteiger partial charge in [0.05, 0.1) is 12.0 Å². The van der Waals surface area contributed by atoms with Gasteiger partial charge in [-0.1, -0.05) is 0 Å². The van der Waals surface area contributed by atoms with Crippen molar-refractivity contribution >= 4 is 11.8 Å². The summed E-state index contributed by atoms with van der Waals surface area (Å²) in [6.07, 6.45) is 3.13. The molecule has 3 unspecified atom stereocenters. The number of rotatable bonds is 0. The van der Waals surface area contributed by atoms with Crippen molar-refractivity contribution in [2.75, 3.05) is 12.4 Å². The first-order valence-electron chi connectivity index (χ1n) is 3.96. The van der Waals surface area contributed by atoms with Crippen molar-refractivity contribution in [1.82, 2.24) is 4.90 Å². The largest absolute Gasteiger partial charge is 0.361 e. The Bertz CT molecular complexity index is 123. The van der Waals surface area contributed by atoms with Crippen molar-refractivity contribution in [3.8, 4) is 0 Å². The van der Waals surface area contributed by atoms with Crippen molar-refractivity contribution < 1.29 is 4.74 Å². The van der Waals surface area contributed by atoms with Gasteiger partial charge < -0.3 is 4.74 Å². The lowest BCUT2D eigenvalue weighted by molar-refractivity contribution is 0.0573. The lowest BCUT2D eigenvalue weighted by Gasteiger charge is -2.16. The summed E-state index contributed by atoms with van der Waals surface area (Å²) in [6, 6.07) is 0.766. The Kier molecular flexibility index (Phi) is 1.11. The third-order valence-electron chi connectivity index (χ3n) is 2.71. The molecule has 3 heteroatoms. The Hall–Kier alpha value is 0.270. The molecule has 3 aliphatic rings. The van der Waals surface area contributed by atoms with E-state index in [1.54, 1.807) is 0 Å². The maximum atomic E-state index is 5.62.